The summed E-state index contributed by atoms with van der Waals surface area (Å²) in [6, 6.07) is -0.471. The average Bonchev–Trinajstić information content (AvgIpc) is 2.93. The SMILES string of the molecule is CCC(NC(=O)C1(N)CCCC1)C(=O)N1CCOCC1. The summed E-state index contributed by atoms with van der Waals surface area (Å²) in [5.74, 6) is -0.200. The number of nitrogens with two attached hydrogens (primary N) is 1. The molecule has 0 spiro atoms. The van der Waals surface area contributed by atoms with Gasteiger partial charge in [-0.05, 0) is 19.3 Å². The van der Waals surface area contributed by atoms with Crippen LogP contribution in [0.15, 0.2) is 0 Å². The molecule has 6 heteroatoms. The third-order valence-electron chi connectivity index (χ3n) is 4.28. The maximum Gasteiger partial charge on any atom is 0.245 e. The molecule has 0 aromatic carbocycles. The molecule has 1 saturated carbocycles. The van der Waals surface area contributed by atoms with E-state index >= 15 is 0 Å². The summed E-state index contributed by atoms with van der Waals surface area (Å²) in [5.41, 5.74) is 5.35. The van der Waals surface area contributed by atoms with Gasteiger partial charge in [-0.25, -0.2) is 0 Å². The van der Waals surface area contributed by atoms with E-state index < -0.39 is 11.6 Å². The maximum atomic E-state index is 12.4. The van der Waals surface area contributed by atoms with Gasteiger partial charge in [0, 0.05) is 13.1 Å². The molecule has 1 aliphatic heterocycles. The molecule has 114 valence electrons. The monoisotopic (exact) mass is 283 g/mol. The lowest BCUT2D eigenvalue weighted by Crippen LogP contribution is -2.58. The van der Waals surface area contributed by atoms with Crippen molar-refractivity contribution in [3.8, 4) is 0 Å². The molecule has 1 unspecified atom stereocenters. The Bertz CT molecular complexity index is 361. The van der Waals surface area contributed by atoms with Gasteiger partial charge in [0.2, 0.25) is 11.8 Å². The zero-order valence-corrected chi connectivity index (χ0v) is 12.2. The number of nitrogens with one attached hydrogen (secondary N) is 1. The van der Waals surface area contributed by atoms with Gasteiger partial charge in [-0.2, -0.15) is 0 Å². The van der Waals surface area contributed by atoms with Crippen LogP contribution in [0.25, 0.3) is 0 Å². The minimum absolute atomic E-state index is 0.0225. The number of nitrogens with zero attached hydrogens (tertiary/aromatic N) is 1. The van der Waals surface area contributed by atoms with Gasteiger partial charge in [0.1, 0.15) is 6.04 Å². The highest BCUT2D eigenvalue weighted by atomic mass is 16.5. The van der Waals surface area contributed by atoms with Crippen molar-refractivity contribution >= 4 is 11.8 Å². The number of rotatable bonds is 4. The molecular formula is C14H25N3O3. The Kier molecular flexibility index (Phi) is 4.99. The number of morpholine rings is 1. The molecule has 6 nitrogen and oxygen atoms in total. The summed E-state index contributed by atoms with van der Waals surface area (Å²) < 4.78 is 5.24. The van der Waals surface area contributed by atoms with Crippen LogP contribution in [0.5, 0.6) is 0 Å². The van der Waals surface area contributed by atoms with Crippen molar-refractivity contribution in [2.45, 2.75) is 50.6 Å². The highest BCUT2D eigenvalue weighted by Crippen LogP contribution is 2.27. The third-order valence-corrected chi connectivity index (χ3v) is 4.28. The molecular weight excluding hydrogens is 258 g/mol. The van der Waals surface area contributed by atoms with Crippen LogP contribution in [-0.4, -0.2) is 54.6 Å². The van der Waals surface area contributed by atoms with Crippen LogP contribution in [0.1, 0.15) is 39.0 Å². The summed E-state index contributed by atoms with van der Waals surface area (Å²) in [7, 11) is 0. The van der Waals surface area contributed by atoms with E-state index in [9.17, 15) is 9.59 Å². The Morgan fingerprint density at radius 1 is 1.30 bits per heavy atom. The van der Waals surface area contributed by atoms with E-state index in [2.05, 4.69) is 5.32 Å². The summed E-state index contributed by atoms with van der Waals surface area (Å²) in [6.07, 6.45) is 3.97. The number of ether oxygens (including phenoxy) is 1. The predicted molar refractivity (Wildman–Crippen MR) is 75.0 cm³/mol. The van der Waals surface area contributed by atoms with Gasteiger partial charge in [0.15, 0.2) is 0 Å². The van der Waals surface area contributed by atoms with Crippen LogP contribution in [0.4, 0.5) is 0 Å². The Hall–Kier alpha value is -1.14. The predicted octanol–water partition coefficient (Wildman–Crippen LogP) is 0.0115. The molecule has 2 aliphatic rings. The molecule has 20 heavy (non-hydrogen) atoms. The van der Waals surface area contributed by atoms with Gasteiger partial charge in [-0.3, -0.25) is 9.59 Å². The Balaban J connectivity index is 1.93. The van der Waals surface area contributed by atoms with E-state index in [1.807, 2.05) is 6.92 Å². The molecule has 0 aromatic rings. The fourth-order valence-electron chi connectivity index (χ4n) is 2.88. The minimum atomic E-state index is -0.779. The molecule has 1 aliphatic carbocycles. The van der Waals surface area contributed by atoms with Crippen LogP contribution in [0, 0.1) is 0 Å². The lowest BCUT2D eigenvalue weighted by molar-refractivity contribution is -0.141. The third kappa shape index (κ3) is 3.30. The molecule has 1 saturated heterocycles. The summed E-state index contributed by atoms with van der Waals surface area (Å²) >= 11 is 0. The summed E-state index contributed by atoms with van der Waals surface area (Å²) in [5, 5.41) is 2.85. The van der Waals surface area contributed by atoms with E-state index in [1.165, 1.54) is 0 Å². The zero-order chi connectivity index (χ0) is 14.6. The second-order valence-electron chi connectivity index (χ2n) is 5.74. The smallest absolute Gasteiger partial charge is 0.245 e. The van der Waals surface area contributed by atoms with Gasteiger partial charge in [-0.1, -0.05) is 19.8 Å². The van der Waals surface area contributed by atoms with E-state index in [0.29, 0.717) is 45.6 Å². The number of hydrogen-bond donors (Lipinski definition) is 2. The molecule has 3 N–H and O–H groups in total. The summed E-state index contributed by atoms with van der Waals surface area (Å²) in [6.45, 7) is 4.23. The summed E-state index contributed by atoms with van der Waals surface area (Å²) in [4.78, 5) is 26.5. The Morgan fingerprint density at radius 3 is 2.45 bits per heavy atom. The molecule has 0 bridgehead atoms. The average molecular weight is 283 g/mol. The van der Waals surface area contributed by atoms with E-state index in [-0.39, 0.29) is 11.8 Å². The Morgan fingerprint density at radius 2 is 1.90 bits per heavy atom. The number of amides is 2. The first-order valence-electron chi connectivity index (χ1n) is 7.53. The van der Waals surface area contributed by atoms with Crippen molar-refractivity contribution < 1.29 is 14.3 Å². The highest BCUT2D eigenvalue weighted by molar-refractivity contribution is 5.92. The topological polar surface area (TPSA) is 84.7 Å². The lowest BCUT2D eigenvalue weighted by Gasteiger charge is -2.32. The minimum Gasteiger partial charge on any atom is -0.378 e. The first-order chi connectivity index (χ1) is 9.57. The number of carbonyl (C=O) groups excluding carboxylic acids is 2. The normalized spacial score (nSPS) is 23.4. The maximum absolute atomic E-state index is 12.4. The molecule has 2 fully saturated rings. The first-order valence-corrected chi connectivity index (χ1v) is 7.53. The van der Waals surface area contributed by atoms with Crippen LogP contribution in [0.3, 0.4) is 0 Å². The van der Waals surface area contributed by atoms with Gasteiger partial charge >= 0.3 is 0 Å². The molecule has 0 aromatic heterocycles. The molecule has 2 amide bonds. The van der Waals surface area contributed by atoms with Crippen molar-refractivity contribution in [1.29, 1.82) is 0 Å². The standard InChI is InChI=1S/C14H25N3O3/c1-2-11(12(18)17-7-9-20-10-8-17)16-13(19)14(15)5-3-4-6-14/h11H,2-10,15H2,1H3,(H,16,19). The van der Waals surface area contributed by atoms with Crippen molar-refractivity contribution in [3.63, 3.8) is 0 Å². The van der Waals surface area contributed by atoms with Gasteiger partial charge in [0.25, 0.3) is 0 Å². The quantitative estimate of drug-likeness (QED) is 0.761. The van der Waals surface area contributed by atoms with Crippen molar-refractivity contribution in [3.05, 3.63) is 0 Å². The second kappa shape index (κ2) is 6.54. The van der Waals surface area contributed by atoms with Gasteiger partial charge in [0.05, 0.1) is 18.8 Å². The highest BCUT2D eigenvalue weighted by Gasteiger charge is 2.39. The largest absolute Gasteiger partial charge is 0.378 e. The zero-order valence-electron chi connectivity index (χ0n) is 12.2. The van der Waals surface area contributed by atoms with E-state index in [1.54, 1.807) is 4.90 Å². The fraction of sp³-hybridized carbons (Fsp3) is 0.857. The number of carbonyl (C=O) groups is 2. The van der Waals surface area contributed by atoms with Crippen molar-refractivity contribution in [2.75, 3.05) is 26.3 Å². The molecule has 0 radical (unpaired) electrons. The fourth-order valence-corrected chi connectivity index (χ4v) is 2.88. The van der Waals surface area contributed by atoms with Crippen LogP contribution >= 0.6 is 0 Å². The molecule has 1 heterocycles. The van der Waals surface area contributed by atoms with Crippen LogP contribution in [0.2, 0.25) is 0 Å². The van der Waals surface area contributed by atoms with Gasteiger partial charge < -0.3 is 20.7 Å². The van der Waals surface area contributed by atoms with E-state index in [0.717, 1.165) is 12.8 Å². The lowest BCUT2D eigenvalue weighted by atomic mass is 9.97. The van der Waals surface area contributed by atoms with Crippen molar-refractivity contribution in [1.82, 2.24) is 10.2 Å². The molecule has 2 rings (SSSR count). The second-order valence-corrected chi connectivity index (χ2v) is 5.74. The number of hydrogen-bond acceptors (Lipinski definition) is 4. The van der Waals surface area contributed by atoms with Crippen LogP contribution in [-0.2, 0) is 14.3 Å². The Labute approximate surface area is 120 Å². The molecule has 1 atom stereocenters. The van der Waals surface area contributed by atoms with Crippen LogP contribution < -0.4 is 11.1 Å². The van der Waals surface area contributed by atoms with Crippen molar-refractivity contribution in [2.24, 2.45) is 5.73 Å². The van der Waals surface area contributed by atoms with Gasteiger partial charge in [-0.15, -0.1) is 0 Å². The first kappa shape index (κ1) is 15.3. The van der Waals surface area contributed by atoms with E-state index in [4.69, 9.17) is 10.5 Å².